The molecule has 0 aromatic carbocycles. The average molecular weight is 226 g/mol. The van der Waals surface area contributed by atoms with Gasteiger partial charge in [-0.3, -0.25) is 0 Å². The Kier molecular flexibility index (Phi) is 11.3. The molecule has 0 unspecified atom stereocenters. The molecule has 0 spiro atoms. The zero-order chi connectivity index (χ0) is 9.94. The predicted octanol–water partition coefficient (Wildman–Crippen LogP) is 3.06. The van der Waals surface area contributed by atoms with E-state index < -0.39 is 8.60 Å². The standard InChI is InChI=1S/C8H19O3PS/c1-4-9-12(10-5-2)11-7-8-13-6-3/h4-8H2,1-3H3. The lowest BCUT2D eigenvalue weighted by atomic mass is 10.9. The molecule has 0 radical (unpaired) electrons. The highest BCUT2D eigenvalue weighted by molar-refractivity contribution is 7.99. The molecule has 0 atom stereocenters. The fraction of sp³-hybridized carbons (Fsp3) is 1.00. The summed E-state index contributed by atoms with van der Waals surface area (Å²) in [6, 6.07) is 0. The van der Waals surface area contributed by atoms with Gasteiger partial charge < -0.3 is 13.6 Å². The summed E-state index contributed by atoms with van der Waals surface area (Å²) in [4.78, 5) is 0. The van der Waals surface area contributed by atoms with Crippen LogP contribution < -0.4 is 0 Å². The minimum atomic E-state index is -1.09. The van der Waals surface area contributed by atoms with Crippen molar-refractivity contribution in [2.24, 2.45) is 0 Å². The minimum absolute atomic E-state index is 0.645. The summed E-state index contributed by atoms with van der Waals surface area (Å²) >= 11 is 1.86. The molecule has 13 heavy (non-hydrogen) atoms. The Morgan fingerprint density at radius 3 is 2.08 bits per heavy atom. The molecule has 0 rings (SSSR count). The summed E-state index contributed by atoms with van der Waals surface area (Å²) in [5, 5.41) is 0. The molecule has 0 aromatic rings. The first-order valence-corrected chi connectivity index (χ1v) is 6.86. The molecule has 0 heterocycles. The van der Waals surface area contributed by atoms with Crippen molar-refractivity contribution in [3.05, 3.63) is 0 Å². The Balaban J connectivity index is 3.33. The van der Waals surface area contributed by atoms with Crippen LogP contribution in [0.15, 0.2) is 0 Å². The second kappa shape index (κ2) is 10.7. The second-order valence-corrected chi connectivity index (χ2v) is 4.70. The molecule has 0 bridgehead atoms. The van der Waals surface area contributed by atoms with Crippen molar-refractivity contribution in [3.8, 4) is 0 Å². The van der Waals surface area contributed by atoms with Crippen LogP contribution in [0.4, 0.5) is 0 Å². The zero-order valence-corrected chi connectivity index (χ0v) is 10.3. The van der Waals surface area contributed by atoms with Crippen LogP contribution in [0.2, 0.25) is 0 Å². The van der Waals surface area contributed by atoms with Gasteiger partial charge in [0, 0.05) is 5.75 Å². The molecule has 5 heteroatoms. The molecule has 0 aromatic heterocycles. The zero-order valence-electron chi connectivity index (χ0n) is 8.62. The van der Waals surface area contributed by atoms with Gasteiger partial charge in [0.15, 0.2) is 0 Å². The fourth-order valence-corrected chi connectivity index (χ4v) is 2.14. The van der Waals surface area contributed by atoms with Crippen LogP contribution in [0, 0.1) is 0 Å². The van der Waals surface area contributed by atoms with Crippen LogP contribution in [-0.4, -0.2) is 31.3 Å². The largest absolute Gasteiger partial charge is 0.332 e. The molecule has 0 amide bonds. The van der Waals surface area contributed by atoms with Gasteiger partial charge in [-0.2, -0.15) is 11.8 Å². The lowest BCUT2D eigenvalue weighted by Crippen LogP contribution is -1.98. The van der Waals surface area contributed by atoms with Crippen molar-refractivity contribution in [2.75, 3.05) is 31.3 Å². The third kappa shape index (κ3) is 8.98. The lowest BCUT2D eigenvalue weighted by Gasteiger charge is -2.14. The van der Waals surface area contributed by atoms with Crippen molar-refractivity contribution < 1.29 is 13.6 Å². The van der Waals surface area contributed by atoms with Crippen molar-refractivity contribution in [3.63, 3.8) is 0 Å². The molecule has 0 aliphatic heterocycles. The highest BCUT2D eigenvalue weighted by atomic mass is 32.2. The second-order valence-electron chi connectivity index (χ2n) is 2.09. The molecule has 3 nitrogen and oxygen atoms in total. The Morgan fingerprint density at radius 1 is 1.00 bits per heavy atom. The van der Waals surface area contributed by atoms with E-state index >= 15 is 0 Å². The van der Waals surface area contributed by atoms with Crippen molar-refractivity contribution in [1.29, 1.82) is 0 Å². The van der Waals surface area contributed by atoms with Crippen LogP contribution in [0.1, 0.15) is 20.8 Å². The van der Waals surface area contributed by atoms with Crippen LogP contribution in [0.5, 0.6) is 0 Å². The lowest BCUT2D eigenvalue weighted by molar-refractivity contribution is 0.177. The summed E-state index contributed by atoms with van der Waals surface area (Å²) in [6.07, 6.45) is 0. The van der Waals surface area contributed by atoms with E-state index in [0.29, 0.717) is 19.8 Å². The van der Waals surface area contributed by atoms with Gasteiger partial charge in [-0.1, -0.05) is 6.92 Å². The van der Waals surface area contributed by atoms with E-state index in [9.17, 15) is 0 Å². The molecule has 0 aliphatic carbocycles. The molecular weight excluding hydrogens is 207 g/mol. The highest BCUT2D eigenvalue weighted by Crippen LogP contribution is 2.39. The fourth-order valence-electron chi connectivity index (χ4n) is 0.638. The van der Waals surface area contributed by atoms with E-state index in [1.165, 1.54) is 0 Å². The van der Waals surface area contributed by atoms with E-state index in [0.717, 1.165) is 11.5 Å². The van der Waals surface area contributed by atoms with Crippen LogP contribution >= 0.6 is 20.4 Å². The summed E-state index contributed by atoms with van der Waals surface area (Å²) in [6.45, 7) is 8.03. The minimum Gasteiger partial charge on any atom is -0.313 e. The molecule has 0 saturated carbocycles. The van der Waals surface area contributed by atoms with Gasteiger partial charge in [-0.05, 0) is 19.6 Å². The molecule has 0 fully saturated rings. The van der Waals surface area contributed by atoms with Gasteiger partial charge in [0.05, 0.1) is 19.8 Å². The average Bonchev–Trinajstić information content (AvgIpc) is 2.13. The van der Waals surface area contributed by atoms with Crippen molar-refractivity contribution >= 4 is 20.4 Å². The normalized spacial score (nSPS) is 11.1. The van der Waals surface area contributed by atoms with Gasteiger partial charge in [0.25, 0.3) is 0 Å². The van der Waals surface area contributed by atoms with Crippen LogP contribution in [-0.2, 0) is 13.6 Å². The first-order chi connectivity index (χ1) is 6.35. The van der Waals surface area contributed by atoms with Gasteiger partial charge in [0.1, 0.15) is 0 Å². The third-order valence-electron chi connectivity index (χ3n) is 1.10. The maximum absolute atomic E-state index is 5.42. The Labute approximate surface area is 86.5 Å². The van der Waals surface area contributed by atoms with Crippen LogP contribution in [0.3, 0.4) is 0 Å². The first-order valence-electron chi connectivity index (χ1n) is 4.61. The van der Waals surface area contributed by atoms with E-state index in [1.54, 1.807) is 0 Å². The Hall–Kier alpha value is 0.660. The summed E-state index contributed by atoms with van der Waals surface area (Å²) in [5.41, 5.74) is 0. The van der Waals surface area contributed by atoms with Gasteiger partial charge >= 0.3 is 8.60 Å². The summed E-state index contributed by atoms with van der Waals surface area (Å²) in [5.74, 6) is 2.14. The highest BCUT2D eigenvalue weighted by Gasteiger charge is 2.09. The number of hydrogen-bond donors (Lipinski definition) is 0. The Bertz CT molecular complexity index is 99.4. The van der Waals surface area contributed by atoms with E-state index in [4.69, 9.17) is 13.6 Å². The maximum atomic E-state index is 5.42. The monoisotopic (exact) mass is 226 g/mol. The quantitative estimate of drug-likeness (QED) is 0.446. The van der Waals surface area contributed by atoms with E-state index in [-0.39, 0.29) is 0 Å². The number of hydrogen-bond acceptors (Lipinski definition) is 4. The number of rotatable bonds is 9. The van der Waals surface area contributed by atoms with Crippen molar-refractivity contribution in [2.45, 2.75) is 20.8 Å². The molecule has 0 saturated heterocycles. The molecule has 80 valence electrons. The molecule has 0 aliphatic rings. The van der Waals surface area contributed by atoms with Crippen molar-refractivity contribution in [1.82, 2.24) is 0 Å². The van der Waals surface area contributed by atoms with Gasteiger partial charge in [-0.25, -0.2) is 0 Å². The molecular formula is C8H19O3PS. The SMILES string of the molecule is CCOP(OCC)OCCSCC. The summed E-state index contributed by atoms with van der Waals surface area (Å²) < 4.78 is 16.0. The maximum Gasteiger partial charge on any atom is 0.332 e. The number of thioether (sulfide) groups is 1. The van der Waals surface area contributed by atoms with E-state index in [1.807, 2.05) is 25.6 Å². The smallest absolute Gasteiger partial charge is 0.313 e. The van der Waals surface area contributed by atoms with Gasteiger partial charge in [0.2, 0.25) is 0 Å². The predicted molar refractivity (Wildman–Crippen MR) is 59.1 cm³/mol. The Morgan fingerprint density at radius 2 is 1.62 bits per heavy atom. The third-order valence-corrected chi connectivity index (χ3v) is 3.29. The van der Waals surface area contributed by atoms with Gasteiger partial charge in [-0.15, -0.1) is 0 Å². The molecule has 0 N–H and O–H groups in total. The first kappa shape index (κ1) is 13.7. The van der Waals surface area contributed by atoms with E-state index in [2.05, 4.69) is 6.92 Å². The van der Waals surface area contributed by atoms with Crippen LogP contribution in [0.25, 0.3) is 0 Å². The topological polar surface area (TPSA) is 27.7 Å². The summed E-state index contributed by atoms with van der Waals surface area (Å²) in [7, 11) is -1.09.